The maximum atomic E-state index is 10.0. The van der Waals surface area contributed by atoms with Crippen LogP contribution in [-0.2, 0) is 13.6 Å². The summed E-state index contributed by atoms with van der Waals surface area (Å²) in [6.07, 6.45) is 0. The van der Waals surface area contributed by atoms with Crippen molar-refractivity contribution in [2.75, 3.05) is 13.2 Å². The molecular weight excluding hydrogens is 138 g/mol. The average Bonchev–Trinajstić information content (AvgIpc) is 1.68. The molecule has 0 aliphatic rings. The molecule has 5 heteroatoms. The van der Waals surface area contributed by atoms with Crippen molar-refractivity contribution in [2.24, 2.45) is 0 Å². The summed E-state index contributed by atoms with van der Waals surface area (Å²) in [5.74, 6) is 0. The lowest BCUT2D eigenvalue weighted by Crippen LogP contribution is -1.73. The Hall–Kier alpha value is 0.310. The van der Waals surface area contributed by atoms with Crippen LogP contribution in [0.3, 0.4) is 0 Å². The van der Waals surface area contributed by atoms with Gasteiger partial charge < -0.3 is 0 Å². The molecular formula is C2H5ClO3P+. The first-order valence-electron chi connectivity index (χ1n) is 1.51. The standard InChI is InChI=1S/C2H5ClO3P/c1-5-7(4)6-2-3/h2H2,1H3/q+1. The molecule has 0 fully saturated rings. The van der Waals surface area contributed by atoms with Crippen LogP contribution in [0, 0.1) is 0 Å². The van der Waals surface area contributed by atoms with Gasteiger partial charge in [-0.05, 0) is 0 Å². The predicted octanol–water partition coefficient (Wildman–Crippen LogP) is 1.50. The maximum Gasteiger partial charge on any atom is 0.698 e. The molecule has 0 N–H and O–H groups in total. The van der Waals surface area contributed by atoms with E-state index in [1.54, 1.807) is 0 Å². The zero-order valence-electron chi connectivity index (χ0n) is 3.76. The monoisotopic (exact) mass is 143 g/mol. The second-order valence-electron chi connectivity index (χ2n) is 0.644. The Morgan fingerprint density at radius 1 is 1.86 bits per heavy atom. The van der Waals surface area contributed by atoms with Crippen molar-refractivity contribution >= 4 is 19.9 Å². The number of halogens is 1. The molecule has 0 amide bonds. The molecule has 3 nitrogen and oxygen atoms in total. The third-order valence-electron chi connectivity index (χ3n) is 0.303. The van der Waals surface area contributed by atoms with E-state index in [0.29, 0.717) is 0 Å². The second-order valence-corrected chi connectivity index (χ2v) is 1.93. The molecule has 0 saturated carbocycles. The van der Waals surface area contributed by atoms with Gasteiger partial charge in [0.15, 0.2) is 6.07 Å². The highest BCUT2D eigenvalue weighted by atomic mass is 35.5. The van der Waals surface area contributed by atoms with E-state index in [1.807, 2.05) is 0 Å². The molecule has 0 saturated heterocycles. The van der Waals surface area contributed by atoms with E-state index in [4.69, 9.17) is 11.6 Å². The SMILES string of the molecule is CO[P+](=O)OCCl. The Bertz CT molecular complexity index is 66.0. The van der Waals surface area contributed by atoms with Crippen LogP contribution in [0.5, 0.6) is 0 Å². The van der Waals surface area contributed by atoms with Gasteiger partial charge in [0.2, 0.25) is 0 Å². The van der Waals surface area contributed by atoms with Gasteiger partial charge in [0.1, 0.15) is 0 Å². The predicted molar refractivity (Wildman–Crippen MR) is 26.4 cm³/mol. The van der Waals surface area contributed by atoms with Gasteiger partial charge in [-0.1, -0.05) is 11.6 Å². The van der Waals surface area contributed by atoms with Crippen molar-refractivity contribution in [3.8, 4) is 0 Å². The second kappa shape index (κ2) is 4.47. The summed E-state index contributed by atoms with van der Waals surface area (Å²) in [6.45, 7) is 0. The zero-order valence-corrected chi connectivity index (χ0v) is 5.41. The average molecular weight is 143 g/mol. The minimum Gasteiger partial charge on any atom is -0.122 e. The van der Waals surface area contributed by atoms with E-state index in [-0.39, 0.29) is 6.07 Å². The quantitative estimate of drug-likeness (QED) is 0.444. The summed E-state index contributed by atoms with van der Waals surface area (Å²) in [7, 11) is -0.677. The van der Waals surface area contributed by atoms with Crippen LogP contribution in [0.15, 0.2) is 0 Å². The van der Waals surface area contributed by atoms with Crippen molar-refractivity contribution in [2.45, 2.75) is 0 Å². The Kier molecular flexibility index (Phi) is 4.67. The maximum absolute atomic E-state index is 10.0. The van der Waals surface area contributed by atoms with E-state index in [1.165, 1.54) is 7.11 Å². The summed E-state index contributed by atoms with van der Waals surface area (Å²) < 4.78 is 18.5. The molecule has 0 radical (unpaired) electrons. The van der Waals surface area contributed by atoms with Gasteiger partial charge in [0, 0.05) is 4.57 Å². The van der Waals surface area contributed by atoms with Crippen LogP contribution in [0.1, 0.15) is 0 Å². The molecule has 0 aromatic heterocycles. The summed E-state index contributed by atoms with van der Waals surface area (Å²) in [5.41, 5.74) is 0. The van der Waals surface area contributed by atoms with Crippen molar-refractivity contribution in [1.29, 1.82) is 0 Å². The molecule has 0 aliphatic heterocycles. The van der Waals surface area contributed by atoms with Gasteiger partial charge in [0.25, 0.3) is 0 Å². The Morgan fingerprint density at radius 2 is 2.43 bits per heavy atom. The van der Waals surface area contributed by atoms with Gasteiger partial charge in [0.05, 0.1) is 7.11 Å². The molecule has 0 aliphatic carbocycles. The molecule has 0 rings (SSSR count). The molecule has 7 heavy (non-hydrogen) atoms. The highest BCUT2D eigenvalue weighted by Crippen LogP contribution is 2.21. The Morgan fingerprint density at radius 3 is 2.57 bits per heavy atom. The topological polar surface area (TPSA) is 35.5 Å². The fraction of sp³-hybridized carbons (Fsp3) is 1.00. The molecule has 0 aromatic rings. The highest BCUT2D eigenvalue weighted by Gasteiger charge is 2.14. The number of rotatable bonds is 3. The fourth-order valence-electron chi connectivity index (χ4n) is 0.0925. The lowest BCUT2D eigenvalue weighted by Gasteiger charge is -1.72. The van der Waals surface area contributed by atoms with Crippen LogP contribution >= 0.6 is 19.9 Å². The van der Waals surface area contributed by atoms with Gasteiger partial charge >= 0.3 is 8.25 Å². The van der Waals surface area contributed by atoms with E-state index < -0.39 is 8.25 Å². The van der Waals surface area contributed by atoms with Gasteiger partial charge in [-0.15, -0.1) is 9.05 Å². The van der Waals surface area contributed by atoms with Crippen molar-refractivity contribution < 1.29 is 13.6 Å². The summed E-state index contributed by atoms with van der Waals surface area (Å²) in [6, 6.07) is -0.0942. The lowest BCUT2D eigenvalue weighted by atomic mass is 11.7. The number of hydrogen-bond acceptors (Lipinski definition) is 3. The van der Waals surface area contributed by atoms with E-state index in [0.717, 1.165) is 0 Å². The van der Waals surface area contributed by atoms with Gasteiger partial charge in [-0.25, -0.2) is 0 Å². The van der Waals surface area contributed by atoms with Crippen molar-refractivity contribution in [3.05, 3.63) is 0 Å². The number of hydrogen-bond donors (Lipinski definition) is 0. The van der Waals surface area contributed by atoms with Crippen LogP contribution in [0.25, 0.3) is 0 Å². The van der Waals surface area contributed by atoms with E-state index >= 15 is 0 Å². The first kappa shape index (κ1) is 7.31. The molecule has 1 unspecified atom stereocenters. The Labute approximate surface area is 47.5 Å². The highest BCUT2D eigenvalue weighted by molar-refractivity contribution is 7.33. The molecule has 0 bridgehead atoms. The van der Waals surface area contributed by atoms with E-state index in [9.17, 15) is 4.57 Å². The first-order valence-corrected chi connectivity index (χ1v) is 3.14. The fourth-order valence-corrected chi connectivity index (χ4v) is 0.517. The van der Waals surface area contributed by atoms with Crippen LogP contribution in [-0.4, -0.2) is 13.2 Å². The molecule has 0 aromatic carbocycles. The van der Waals surface area contributed by atoms with Crippen LogP contribution < -0.4 is 0 Å². The van der Waals surface area contributed by atoms with Crippen LogP contribution in [0.4, 0.5) is 0 Å². The minimum absolute atomic E-state index is 0.0942. The lowest BCUT2D eigenvalue weighted by molar-refractivity contribution is 0.291. The third-order valence-corrected chi connectivity index (χ3v) is 1.20. The Balaban J connectivity index is 3.00. The number of alkyl halides is 1. The van der Waals surface area contributed by atoms with Crippen molar-refractivity contribution in [1.82, 2.24) is 0 Å². The van der Waals surface area contributed by atoms with E-state index in [2.05, 4.69) is 9.05 Å². The van der Waals surface area contributed by atoms with Crippen LogP contribution in [0.2, 0.25) is 0 Å². The summed E-state index contributed by atoms with van der Waals surface area (Å²) in [4.78, 5) is 0. The smallest absolute Gasteiger partial charge is 0.122 e. The molecule has 1 atom stereocenters. The molecule has 0 spiro atoms. The molecule has 42 valence electrons. The zero-order chi connectivity index (χ0) is 5.70. The molecule has 0 heterocycles. The van der Waals surface area contributed by atoms with Gasteiger partial charge in [-0.3, -0.25) is 0 Å². The minimum atomic E-state index is -1.96. The largest absolute Gasteiger partial charge is 0.698 e. The van der Waals surface area contributed by atoms with Crippen molar-refractivity contribution in [3.63, 3.8) is 0 Å². The summed E-state index contributed by atoms with van der Waals surface area (Å²) in [5, 5.41) is 0. The normalized spacial score (nSPS) is 11.4. The first-order chi connectivity index (χ1) is 3.31. The summed E-state index contributed by atoms with van der Waals surface area (Å²) >= 11 is 4.99. The van der Waals surface area contributed by atoms with Gasteiger partial charge in [-0.2, -0.15) is 0 Å². The third kappa shape index (κ3) is 4.16.